The maximum Gasteiger partial charge on any atom is 0.122 e. The molecular formula is C13H17BrO. The number of hydrogen-bond acceptors (Lipinski definition) is 1. The Morgan fingerprint density at radius 3 is 2.67 bits per heavy atom. The third-order valence-corrected chi connectivity index (χ3v) is 3.37. The minimum Gasteiger partial charge on any atom is -0.492 e. The molecule has 0 radical (unpaired) electrons. The average Bonchev–Trinajstić information content (AvgIpc) is 2.80. The molecule has 0 heterocycles. The van der Waals surface area contributed by atoms with Crippen molar-refractivity contribution in [1.82, 2.24) is 0 Å². The lowest BCUT2D eigenvalue weighted by Gasteiger charge is -2.15. The summed E-state index contributed by atoms with van der Waals surface area (Å²) in [6, 6.07) is 8.49. The summed E-state index contributed by atoms with van der Waals surface area (Å²) in [6.45, 7) is 0.754. The molecule has 1 aromatic carbocycles. The monoisotopic (exact) mass is 268 g/mol. The second-order valence-corrected chi connectivity index (χ2v) is 4.85. The first-order chi connectivity index (χ1) is 7.42. The van der Waals surface area contributed by atoms with Gasteiger partial charge in [-0.05, 0) is 30.4 Å². The highest BCUT2D eigenvalue weighted by molar-refractivity contribution is 9.09. The van der Waals surface area contributed by atoms with Gasteiger partial charge in [-0.25, -0.2) is 0 Å². The van der Waals surface area contributed by atoms with Crippen LogP contribution < -0.4 is 4.74 Å². The summed E-state index contributed by atoms with van der Waals surface area (Å²) in [5, 5.41) is 0.895. The van der Waals surface area contributed by atoms with E-state index in [0.29, 0.717) is 0 Å². The predicted octanol–water partition coefficient (Wildman–Crippen LogP) is 4.12. The standard InChI is InChI=1S/C13H17BrO/c14-9-10-15-13-8-4-3-7-12(13)11-5-1-2-6-11/h3-4,7-8,11H,1-2,5-6,9-10H2. The fraction of sp³-hybridized carbons (Fsp3) is 0.538. The Kier molecular flexibility index (Phi) is 4.07. The van der Waals surface area contributed by atoms with Crippen LogP contribution in [0.2, 0.25) is 0 Å². The number of ether oxygens (including phenoxy) is 1. The van der Waals surface area contributed by atoms with Crippen molar-refractivity contribution in [2.45, 2.75) is 31.6 Å². The largest absolute Gasteiger partial charge is 0.492 e. The van der Waals surface area contributed by atoms with Crippen LogP contribution in [-0.4, -0.2) is 11.9 Å². The molecule has 1 aromatic rings. The lowest BCUT2D eigenvalue weighted by atomic mass is 9.97. The highest BCUT2D eigenvalue weighted by Gasteiger charge is 2.19. The van der Waals surface area contributed by atoms with Crippen molar-refractivity contribution in [2.75, 3.05) is 11.9 Å². The van der Waals surface area contributed by atoms with Crippen LogP contribution in [0.1, 0.15) is 37.2 Å². The molecule has 0 atom stereocenters. The van der Waals surface area contributed by atoms with Crippen LogP contribution in [0.3, 0.4) is 0 Å². The van der Waals surface area contributed by atoms with E-state index in [2.05, 4.69) is 40.2 Å². The fourth-order valence-corrected chi connectivity index (χ4v) is 2.50. The third kappa shape index (κ3) is 2.75. The van der Waals surface area contributed by atoms with Crippen LogP contribution in [0, 0.1) is 0 Å². The summed E-state index contributed by atoms with van der Waals surface area (Å²) in [5.41, 5.74) is 1.41. The van der Waals surface area contributed by atoms with Gasteiger partial charge >= 0.3 is 0 Å². The van der Waals surface area contributed by atoms with Gasteiger partial charge < -0.3 is 4.74 Å². The Labute approximate surface area is 100.0 Å². The van der Waals surface area contributed by atoms with Crippen LogP contribution in [0.5, 0.6) is 5.75 Å². The molecule has 0 aromatic heterocycles. The Balaban J connectivity index is 2.13. The molecule has 0 aliphatic heterocycles. The van der Waals surface area contributed by atoms with Crippen molar-refractivity contribution in [2.24, 2.45) is 0 Å². The summed E-state index contributed by atoms with van der Waals surface area (Å²) in [6.07, 6.45) is 5.40. The van der Waals surface area contributed by atoms with E-state index in [-0.39, 0.29) is 0 Å². The maximum absolute atomic E-state index is 5.75. The Hall–Kier alpha value is -0.500. The molecule has 2 rings (SSSR count). The van der Waals surface area contributed by atoms with Crippen molar-refractivity contribution in [3.05, 3.63) is 29.8 Å². The number of benzene rings is 1. The second-order valence-electron chi connectivity index (χ2n) is 4.06. The molecule has 0 bridgehead atoms. The molecule has 0 unspecified atom stereocenters. The van der Waals surface area contributed by atoms with Gasteiger partial charge in [0.05, 0.1) is 6.61 Å². The number of para-hydroxylation sites is 1. The second kappa shape index (κ2) is 5.55. The Morgan fingerprint density at radius 2 is 1.93 bits per heavy atom. The quantitative estimate of drug-likeness (QED) is 0.747. The van der Waals surface area contributed by atoms with Crippen LogP contribution >= 0.6 is 15.9 Å². The highest BCUT2D eigenvalue weighted by atomic mass is 79.9. The minimum absolute atomic E-state index is 0.733. The molecule has 1 aliphatic carbocycles. The van der Waals surface area contributed by atoms with E-state index in [9.17, 15) is 0 Å². The van der Waals surface area contributed by atoms with Gasteiger partial charge in [-0.1, -0.05) is 47.0 Å². The highest BCUT2D eigenvalue weighted by Crippen LogP contribution is 2.38. The fourth-order valence-electron chi connectivity index (χ4n) is 2.33. The predicted molar refractivity (Wildman–Crippen MR) is 66.9 cm³/mol. The van der Waals surface area contributed by atoms with E-state index >= 15 is 0 Å². The first-order valence-corrected chi connectivity index (χ1v) is 6.81. The Bertz CT molecular complexity index is 305. The summed E-state index contributed by atoms with van der Waals surface area (Å²) < 4.78 is 5.75. The van der Waals surface area contributed by atoms with E-state index in [1.807, 2.05) is 0 Å². The van der Waals surface area contributed by atoms with Crippen LogP contribution in [0.15, 0.2) is 24.3 Å². The summed E-state index contributed by atoms with van der Waals surface area (Å²) in [5.74, 6) is 1.82. The van der Waals surface area contributed by atoms with Gasteiger partial charge in [0.1, 0.15) is 5.75 Å². The van der Waals surface area contributed by atoms with Crippen molar-refractivity contribution >= 4 is 15.9 Å². The number of rotatable bonds is 4. The molecule has 1 aliphatic rings. The van der Waals surface area contributed by atoms with Gasteiger partial charge in [-0.15, -0.1) is 0 Å². The molecule has 2 heteroatoms. The smallest absolute Gasteiger partial charge is 0.122 e. The number of alkyl halides is 1. The van der Waals surface area contributed by atoms with Gasteiger partial charge in [0.15, 0.2) is 0 Å². The molecule has 0 N–H and O–H groups in total. The Morgan fingerprint density at radius 1 is 1.20 bits per heavy atom. The van der Waals surface area contributed by atoms with E-state index < -0.39 is 0 Å². The number of hydrogen-bond donors (Lipinski definition) is 0. The maximum atomic E-state index is 5.75. The van der Waals surface area contributed by atoms with Crippen LogP contribution in [-0.2, 0) is 0 Å². The first kappa shape index (κ1) is 11.0. The molecule has 82 valence electrons. The number of halogens is 1. The van der Waals surface area contributed by atoms with Crippen molar-refractivity contribution in [3.63, 3.8) is 0 Å². The van der Waals surface area contributed by atoms with Gasteiger partial charge in [0.2, 0.25) is 0 Å². The molecule has 0 spiro atoms. The van der Waals surface area contributed by atoms with Crippen LogP contribution in [0.25, 0.3) is 0 Å². The zero-order valence-electron chi connectivity index (χ0n) is 8.92. The van der Waals surface area contributed by atoms with Gasteiger partial charge in [-0.2, -0.15) is 0 Å². The molecule has 1 fully saturated rings. The average molecular weight is 269 g/mol. The molecule has 15 heavy (non-hydrogen) atoms. The van der Waals surface area contributed by atoms with E-state index in [1.54, 1.807) is 0 Å². The van der Waals surface area contributed by atoms with Crippen LogP contribution in [0.4, 0.5) is 0 Å². The molecule has 0 amide bonds. The molecule has 1 saturated carbocycles. The third-order valence-electron chi connectivity index (χ3n) is 3.05. The summed E-state index contributed by atoms with van der Waals surface area (Å²) in [4.78, 5) is 0. The van der Waals surface area contributed by atoms with Crippen molar-refractivity contribution < 1.29 is 4.74 Å². The minimum atomic E-state index is 0.733. The molecular weight excluding hydrogens is 252 g/mol. The summed E-state index contributed by atoms with van der Waals surface area (Å²) in [7, 11) is 0. The lowest BCUT2D eigenvalue weighted by Crippen LogP contribution is -2.02. The molecule has 0 saturated heterocycles. The van der Waals surface area contributed by atoms with E-state index in [4.69, 9.17) is 4.74 Å². The lowest BCUT2D eigenvalue weighted by molar-refractivity contribution is 0.338. The van der Waals surface area contributed by atoms with E-state index in [0.717, 1.165) is 23.6 Å². The van der Waals surface area contributed by atoms with Gasteiger partial charge in [0, 0.05) is 5.33 Å². The first-order valence-electron chi connectivity index (χ1n) is 5.69. The molecule has 1 nitrogen and oxygen atoms in total. The zero-order chi connectivity index (χ0) is 10.5. The van der Waals surface area contributed by atoms with Gasteiger partial charge in [0.25, 0.3) is 0 Å². The normalized spacial score (nSPS) is 16.9. The van der Waals surface area contributed by atoms with Crippen molar-refractivity contribution in [3.8, 4) is 5.75 Å². The topological polar surface area (TPSA) is 9.23 Å². The van der Waals surface area contributed by atoms with Gasteiger partial charge in [-0.3, -0.25) is 0 Å². The van der Waals surface area contributed by atoms with E-state index in [1.165, 1.54) is 31.2 Å². The zero-order valence-corrected chi connectivity index (χ0v) is 10.5. The SMILES string of the molecule is BrCCOc1ccccc1C1CCCC1. The van der Waals surface area contributed by atoms with Crippen molar-refractivity contribution in [1.29, 1.82) is 0 Å². The summed E-state index contributed by atoms with van der Waals surface area (Å²) >= 11 is 3.39.